The van der Waals surface area contributed by atoms with Gasteiger partial charge in [0.25, 0.3) is 5.91 Å². The van der Waals surface area contributed by atoms with Gasteiger partial charge in [0, 0.05) is 17.4 Å². The molecule has 0 saturated carbocycles. The van der Waals surface area contributed by atoms with E-state index in [0.29, 0.717) is 17.5 Å². The van der Waals surface area contributed by atoms with Crippen LogP contribution in [0.4, 0.5) is 0 Å². The number of carbonyl (C=O) groups excluding carboxylic acids is 1. The quantitative estimate of drug-likeness (QED) is 0.910. The first kappa shape index (κ1) is 13.3. The molecule has 90 valence electrons. The Balaban J connectivity index is 3.59. The van der Waals surface area contributed by atoms with Crippen molar-refractivity contribution in [1.82, 2.24) is 4.57 Å². The Bertz CT molecular complexity index is 388. The summed E-state index contributed by atoms with van der Waals surface area (Å²) >= 11 is 3.50. The molecule has 0 spiro atoms. The summed E-state index contributed by atoms with van der Waals surface area (Å²) in [5, 5.41) is 0. The van der Waals surface area contributed by atoms with Crippen molar-refractivity contribution in [3.8, 4) is 0 Å². The van der Waals surface area contributed by atoms with Crippen LogP contribution in [0, 0.1) is 6.92 Å². The number of nitrogens with two attached hydrogens (primary N) is 1. The molecule has 1 amide bonds. The molecule has 1 aromatic heterocycles. The van der Waals surface area contributed by atoms with Crippen LogP contribution in [-0.2, 0) is 0 Å². The number of carbonyl (C=O) groups is 1. The summed E-state index contributed by atoms with van der Waals surface area (Å²) in [5.74, 6) is -0.0192. The highest BCUT2D eigenvalue weighted by Crippen LogP contribution is 2.35. The van der Waals surface area contributed by atoms with Crippen molar-refractivity contribution in [3.63, 3.8) is 0 Å². The summed E-state index contributed by atoms with van der Waals surface area (Å²) in [6.07, 6.45) is 0. The zero-order valence-corrected chi connectivity index (χ0v) is 12.1. The van der Waals surface area contributed by atoms with E-state index in [1.807, 2.05) is 6.92 Å². The first-order chi connectivity index (χ1) is 7.29. The van der Waals surface area contributed by atoms with Gasteiger partial charge in [-0.05, 0) is 42.6 Å². The van der Waals surface area contributed by atoms with Gasteiger partial charge in [0.2, 0.25) is 0 Å². The molecule has 0 radical (unpaired) electrons. The average molecular weight is 287 g/mol. The van der Waals surface area contributed by atoms with Crippen LogP contribution in [0.15, 0.2) is 4.47 Å². The molecule has 0 fully saturated rings. The van der Waals surface area contributed by atoms with Crippen LogP contribution < -0.4 is 5.73 Å². The van der Waals surface area contributed by atoms with E-state index in [-0.39, 0.29) is 5.91 Å². The van der Waals surface area contributed by atoms with Crippen molar-refractivity contribution in [2.24, 2.45) is 5.73 Å². The molecule has 2 N–H and O–H groups in total. The molecule has 0 aliphatic heterocycles. The summed E-state index contributed by atoms with van der Waals surface area (Å²) < 4.78 is 3.02. The molecule has 0 saturated heterocycles. The van der Waals surface area contributed by atoms with Gasteiger partial charge in [0.05, 0.1) is 10.0 Å². The second-order valence-corrected chi connectivity index (χ2v) is 5.44. The molecule has 0 aliphatic rings. The van der Waals surface area contributed by atoms with Gasteiger partial charge in [-0.15, -0.1) is 0 Å². The largest absolute Gasteiger partial charge is 0.366 e. The summed E-state index contributed by atoms with van der Waals surface area (Å²) in [7, 11) is 0. The Morgan fingerprint density at radius 3 is 2.06 bits per heavy atom. The molecule has 0 aliphatic carbocycles. The molecule has 3 nitrogen and oxygen atoms in total. The van der Waals surface area contributed by atoms with Gasteiger partial charge in [-0.3, -0.25) is 4.79 Å². The lowest BCUT2D eigenvalue weighted by atomic mass is 10.1. The van der Waals surface area contributed by atoms with E-state index >= 15 is 0 Å². The minimum absolute atomic E-state index is 0.321. The van der Waals surface area contributed by atoms with E-state index in [2.05, 4.69) is 48.2 Å². The lowest BCUT2D eigenvalue weighted by Crippen LogP contribution is -2.13. The van der Waals surface area contributed by atoms with E-state index < -0.39 is 0 Å². The number of aromatic nitrogens is 1. The molecule has 0 atom stereocenters. The molecule has 1 heterocycles. The number of amides is 1. The Morgan fingerprint density at radius 1 is 1.31 bits per heavy atom. The van der Waals surface area contributed by atoms with Crippen molar-refractivity contribution >= 4 is 21.8 Å². The van der Waals surface area contributed by atoms with Crippen molar-refractivity contribution in [1.29, 1.82) is 0 Å². The summed E-state index contributed by atoms with van der Waals surface area (Å²) in [5.41, 5.74) is 8.11. The average Bonchev–Trinajstić information content (AvgIpc) is 2.36. The normalized spacial score (nSPS) is 11.5. The lowest BCUT2D eigenvalue weighted by molar-refractivity contribution is 0.0999. The van der Waals surface area contributed by atoms with Gasteiger partial charge in [-0.25, -0.2) is 0 Å². The summed E-state index contributed by atoms with van der Waals surface area (Å²) in [6, 6.07) is 0.321. The molecule has 16 heavy (non-hydrogen) atoms. The van der Waals surface area contributed by atoms with Gasteiger partial charge < -0.3 is 10.3 Å². The van der Waals surface area contributed by atoms with Crippen LogP contribution in [-0.4, -0.2) is 10.5 Å². The predicted molar refractivity (Wildman–Crippen MR) is 69.9 cm³/mol. The molecular weight excluding hydrogens is 268 g/mol. The zero-order valence-electron chi connectivity index (χ0n) is 10.5. The number of hydrogen-bond acceptors (Lipinski definition) is 1. The maximum atomic E-state index is 11.4. The standard InChI is InChI=1S/C12H19BrN2O/c1-6(2)11-10(13)9(12(14)16)8(5)15(11)7(3)4/h6-7H,1-5H3,(H2,14,16). The number of primary amides is 1. The Kier molecular flexibility index (Phi) is 3.84. The highest BCUT2D eigenvalue weighted by atomic mass is 79.9. The van der Waals surface area contributed by atoms with Crippen molar-refractivity contribution in [2.45, 2.75) is 46.6 Å². The van der Waals surface area contributed by atoms with Gasteiger partial charge in [-0.1, -0.05) is 13.8 Å². The number of hydrogen-bond donors (Lipinski definition) is 1. The SMILES string of the molecule is Cc1c(C(N)=O)c(Br)c(C(C)C)n1C(C)C. The van der Waals surface area contributed by atoms with Crippen LogP contribution in [0.2, 0.25) is 0 Å². The highest BCUT2D eigenvalue weighted by molar-refractivity contribution is 9.10. The van der Waals surface area contributed by atoms with Gasteiger partial charge in [-0.2, -0.15) is 0 Å². The van der Waals surface area contributed by atoms with Crippen LogP contribution in [0.5, 0.6) is 0 Å². The third kappa shape index (κ3) is 2.03. The minimum Gasteiger partial charge on any atom is -0.366 e. The summed E-state index contributed by atoms with van der Waals surface area (Å²) in [6.45, 7) is 10.4. The lowest BCUT2D eigenvalue weighted by Gasteiger charge is -2.18. The Labute approximate surface area is 105 Å². The molecule has 1 aromatic rings. The molecule has 1 rings (SSSR count). The minimum atomic E-state index is -0.370. The number of nitrogens with zero attached hydrogens (tertiary/aromatic N) is 1. The van der Waals surface area contributed by atoms with E-state index in [4.69, 9.17) is 5.73 Å². The Hall–Kier alpha value is -0.770. The van der Waals surface area contributed by atoms with Crippen molar-refractivity contribution < 1.29 is 4.79 Å². The second-order valence-electron chi connectivity index (χ2n) is 4.64. The van der Waals surface area contributed by atoms with Gasteiger partial charge in [0.15, 0.2) is 0 Å². The predicted octanol–water partition coefficient (Wildman–Crippen LogP) is 3.36. The maximum absolute atomic E-state index is 11.4. The van der Waals surface area contributed by atoms with Crippen LogP contribution in [0.25, 0.3) is 0 Å². The zero-order chi connectivity index (χ0) is 12.6. The highest BCUT2D eigenvalue weighted by Gasteiger charge is 2.24. The Morgan fingerprint density at radius 2 is 1.81 bits per heavy atom. The molecule has 0 unspecified atom stereocenters. The fourth-order valence-corrected chi connectivity index (χ4v) is 3.31. The molecular formula is C12H19BrN2O. The molecule has 0 aromatic carbocycles. The van der Waals surface area contributed by atoms with E-state index in [1.165, 1.54) is 0 Å². The third-order valence-corrected chi connectivity index (χ3v) is 3.54. The second kappa shape index (κ2) is 4.62. The topological polar surface area (TPSA) is 48.0 Å². The third-order valence-electron chi connectivity index (χ3n) is 2.74. The van der Waals surface area contributed by atoms with E-state index in [1.54, 1.807) is 0 Å². The van der Waals surface area contributed by atoms with Gasteiger partial charge in [0.1, 0.15) is 0 Å². The van der Waals surface area contributed by atoms with Crippen LogP contribution >= 0.6 is 15.9 Å². The van der Waals surface area contributed by atoms with E-state index in [0.717, 1.165) is 15.9 Å². The van der Waals surface area contributed by atoms with Crippen molar-refractivity contribution in [3.05, 3.63) is 21.4 Å². The maximum Gasteiger partial charge on any atom is 0.251 e. The van der Waals surface area contributed by atoms with Crippen molar-refractivity contribution in [2.75, 3.05) is 0 Å². The fourth-order valence-electron chi connectivity index (χ4n) is 2.18. The first-order valence-electron chi connectivity index (χ1n) is 5.49. The first-order valence-corrected chi connectivity index (χ1v) is 6.28. The molecule has 4 heteroatoms. The fraction of sp³-hybridized carbons (Fsp3) is 0.583. The van der Waals surface area contributed by atoms with Crippen LogP contribution in [0.3, 0.4) is 0 Å². The monoisotopic (exact) mass is 286 g/mol. The number of halogens is 1. The van der Waals surface area contributed by atoms with Gasteiger partial charge >= 0.3 is 0 Å². The number of rotatable bonds is 3. The summed E-state index contributed by atoms with van der Waals surface area (Å²) in [4.78, 5) is 11.4. The molecule has 0 bridgehead atoms. The van der Waals surface area contributed by atoms with E-state index in [9.17, 15) is 4.79 Å². The van der Waals surface area contributed by atoms with Crippen LogP contribution in [0.1, 0.15) is 61.4 Å². The smallest absolute Gasteiger partial charge is 0.251 e.